The average Bonchev–Trinajstić information content (AvgIpc) is 2.58. The van der Waals surface area contributed by atoms with E-state index >= 15 is 0 Å². The Kier molecular flexibility index (Phi) is 12.7. The summed E-state index contributed by atoms with van der Waals surface area (Å²) in [7, 11) is 1.76. The minimum absolute atomic E-state index is 0.412. The van der Waals surface area contributed by atoms with Crippen LogP contribution in [0.5, 0.6) is 0 Å². The van der Waals surface area contributed by atoms with Gasteiger partial charge in [0.15, 0.2) is 0 Å². The van der Waals surface area contributed by atoms with Crippen molar-refractivity contribution >= 4 is 0 Å². The summed E-state index contributed by atoms with van der Waals surface area (Å²) in [5.74, 6) is 0. The van der Waals surface area contributed by atoms with Crippen molar-refractivity contribution in [2.24, 2.45) is 0 Å². The van der Waals surface area contributed by atoms with Crippen molar-refractivity contribution in [2.75, 3.05) is 7.11 Å². The van der Waals surface area contributed by atoms with Crippen LogP contribution in [0.3, 0.4) is 0 Å². The number of methoxy groups -OCH3 is 1. The van der Waals surface area contributed by atoms with E-state index in [1.54, 1.807) is 7.11 Å². The van der Waals surface area contributed by atoms with E-state index < -0.39 is 0 Å². The second-order valence-corrected chi connectivity index (χ2v) is 2.33. The molecule has 0 saturated carbocycles. The molecule has 0 aromatic rings. The normalized spacial score (nSPS) is 19.8. The molecule has 1 atom stereocenters. The number of rotatable bonds is 1. The molecule has 0 bridgehead atoms. The van der Waals surface area contributed by atoms with E-state index in [0.717, 1.165) is 0 Å². The summed E-state index contributed by atoms with van der Waals surface area (Å²) in [6, 6.07) is 0. The van der Waals surface area contributed by atoms with Gasteiger partial charge in [-0.3, -0.25) is 0 Å². The SMILES string of the molecule is CC.CC.COC1C=C(C)CC1. The minimum atomic E-state index is 0.412. The quantitative estimate of drug-likeness (QED) is 0.547. The van der Waals surface area contributed by atoms with Crippen molar-refractivity contribution in [1.82, 2.24) is 0 Å². The van der Waals surface area contributed by atoms with Crippen LogP contribution in [0.2, 0.25) is 0 Å². The maximum absolute atomic E-state index is 5.11. The van der Waals surface area contributed by atoms with E-state index in [1.807, 2.05) is 27.7 Å². The maximum atomic E-state index is 5.11. The highest BCUT2D eigenvalue weighted by molar-refractivity contribution is 5.08. The highest BCUT2D eigenvalue weighted by atomic mass is 16.5. The second kappa shape index (κ2) is 10.7. The molecule has 0 heterocycles. The van der Waals surface area contributed by atoms with E-state index in [1.165, 1.54) is 18.4 Å². The molecular formula is C11H24O. The molecule has 0 fully saturated rings. The Labute approximate surface area is 77.8 Å². The summed E-state index contributed by atoms with van der Waals surface area (Å²) < 4.78 is 5.11. The molecule has 0 aliphatic heterocycles. The third-order valence-electron chi connectivity index (χ3n) is 1.60. The van der Waals surface area contributed by atoms with Gasteiger partial charge in [-0.1, -0.05) is 39.3 Å². The van der Waals surface area contributed by atoms with Crippen molar-refractivity contribution in [3.05, 3.63) is 11.6 Å². The van der Waals surface area contributed by atoms with Crippen LogP contribution >= 0.6 is 0 Å². The molecule has 0 N–H and O–H groups in total. The van der Waals surface area contributed by atoms with Gasteiger partial charge in [0.25, 0.3) is 0 Å². The summed E-state index contributed by atoms with van der Waals surface area (Å²) in [6.45, 7) is 10.2. The van der Waals surface area contributed by atoms with Gasteiger partial charge in [-0.2, -0.15) is 0 Å². The van der Waals surface area contributed by atoms with Crippen LogP contribution in [-0.2, 0) is 4.74 Å². The lowest BCUT2D eigenvalue weighted by molar-refractivity contribution is 0.141. The molecule has 12 heavy (non-hydrogen) atoms. The third-order valence-corrected chi connectivity index (χ3v) is 1.60. The van der Waals surface area contributed by atoms with Gasteiger partial charge in [0, 0.05) is 7.11 Å². The number of allylic oxidation sites excluding steroid dienone is 1. The molecule has 0 amide bonds. The first-order chi connectivity index (χ1) is 5.83. The molecule has 0 radical (unpaired) electrons. The molecule has 0 saturated heterocycles. The predicted molar refractivity (Wildman–Crippen MR) is 56.5 cm³/mol. The monoisotopic (exact) mass is 172 g/mol. The van der Waals surface area contributed by atoms with Crippen LogP contribution in [0, 0.1) is 0 Å². The van der Waals surface area contributed by atoms with E-state index in [0.29, 0.717) is 6.10 Å². The summed E-state index contributed by atoms with van der Waals surface area (Å²) in [6.07, 6.45) is 5.01. The Morgan fingerprint density at radius 2 is 1.75 bits per heavy atom. The van der Waals surface area contributed by atoms with Crippen LogP contribution in [-0.4, -0.2) is 13.2 Å². The van der Waals surface area contributed by atoms with Crippen LogP contribution in [0.15, 0.2) is 11.6 Å². The second-order valence-electron chi connectivity index (χ2n) is 2.33. The summed E-state index contributed by atoms with van der Waals surface area (Å²) in [5, 5.41) is 0. The smallest absolute Gasteiger partial charge is 0.0757 e. The van der Waals surface area contributed by atoms with Crippen LogP contribution in [0.25, 0.3) is 0 Å². The Bertz CT molecular complexity index is 106. The topological polar surface area (TPSA) is 9.23 Å². The first kappa shape index (κ1) is 14.2. The number of hydrogen-bond donors (Lipinski definition) is 0. The number of ether oxygens (including phenoxy) is 1. The van der Waals surface area contributed by atoms with E-state index in [2.05, 4.69) is 13.0 Å². The van der Waals surface area contributed by atoms with Gasteiger partial charge in [-0.25, -0.2) is 0 Å². The van der Waals surface area contributed by atoms with Gasteiger partial charge in [0.05, 0.1) is 6.10 Å². The van der Waals surface area contributed by atoms with Crippen molar-refractivity contribution in [3.8, 4) is 0 Å². The Morgan fingerprint density at radius 1 is 1.25 bits per heavy atom. The molecule has 0 spiro atoms. The zero-order valence-electron chi connectivity index (χ0n) is 9.48. The van der Waals surface area contributed by atoms with Gasteiger partial charge in [0.1, 0.15) is 0 Å². The molecule has 0 aromatic carbocycles. The molecule has 0 aromatic heterocycles. The van der Waals surface area contributed by atoms with Gasteiger partial charge in [-0.05, 0) is 19.8 Å². The fourth-order valence-electron chi connectivity index (χ4n) is 1.04. The number of hydrogen-bond acceptors (Lipinski definition) is 1. The van der Waals surface area contributed by atoms with Gasteiger partial charge in [-0.15, -0.1) is 0 Å². The van der Waals surface area contributed by atoms with Crippen LogP contribution in [0.4, 0.5) is 0 Å². The Morgan fingerprint density at radius 3 is 1.92 bits per heavy atom. The lowest BCUT2D eigenvalue weighted by atomic mass is 10.3. The summed E-state index contributed by atoms with van der Waals surface area (Å²) in [5.41, 5.74) is 1.47. The average molecular weight is 172 g/mol. The van der Waals surface area contributed by atoms with Crippen molar-refractivity contribution < 1.29 is 4.74 Å². The molecule has 1 aliphatic rings. The van der Waals surface area contributed by atoms with Gasteiger partial charge < -0.3 is 4.74 Å². The largest absolute Gasteiger partial charge is 0.377 e. The first-order valence-electron chi connectivity index (χ1n) is 5.03. The Hall–Kier alpha value is -0.300. The first-order valence-corrected chi connectivity index (χ1v) is 5.03. The summed E-state index contributed by atoms with van der Waals surface area (Å²) in [4.78, 5) is 0. The fraction of sp³-hybridized carbons (Fsp3) is 0.818. The van der Waals surface area contributed by atoms with Gasteiger partial charge >= 0.3 is 0 Å². The van der Waals surface area contributed by atoms with Crippen molar-refractivity contribution in [2.45, 2.75) is 53.6 Å². The van der Waals surface area contributed by atoms with E-state index in [4.69, 9.17) is 4.74 Å². The minimum Gasteiger partial charge on any atom is -0.377 e. The highest BCUT2D eigenvalue weighted by Crippen LogP contribution is 2.18. The zero-order valence-corrected chi connectivity index (χ0v) is 9.48. The molecular weight excluding hydrogens is 148 g/mol. The molecule has 1 aliphatic carbocycles. The molecule has 1 nitrogen and oxygen atoms in total. The fourth-order valence-corrected chi connectivity index (χ4v) is 1.04. The van der Waals surface area contributed by atoms with Crippen molar-refractivity contribution in [3.63, 3.8) is 0 Å². The molecule has 1 heteroatoms. The van der Waals surface area contributed by atoms with E-state index in [-0.39, 0.29) is 0 Å². The third kappa shape index (κ3) is 6.41. The highest BCUT2D eigenvalue weighted by Gasteiger charge is 2.10. The lowest BCUT2D eigenvalue weighted by Gasteiger charge is -2.00. The molecule has 1 unspecified atom stereocenters. The zero-order chi connectivity index (χ0) is 9.98. The molecule has 1 rings (SSSR count). The maximum Gasteiger partial charge on any atom is 0.0757 e. The van der Waals surface area contributed by atoms with E-state index in [9.17, 15) is 0 Å². The predicted octanol–water partition coefficient (Wildman–Crippen LogP) is 3.79. The van der Waals surface area contributed by atoms with Crippen LogP contribution in [0.1, 0.15) is 47.5 Å². The summed E-state index contributed by atoms with van der Waals surface area (Å²) >= 11 is 0. The van der Waals surface area contributed by atoms with Crippen LogP contribution < -0.4 is 0 Å². The molecule has 74 valence electrons. The standard InChI is InChI=1S/C7H12O.2C2H6/c1-6-3-4-7(5-6)8-2;2*1-2/h5,7H,3-4H2,1-2H3;2*1-2H3. The lowest BCUT2D eigenvalue weighted by Crippen LogP contribution is -2.00. The van der Waals surface area contributed by atoms with Gasteiger partial charge in [0.2, 0.25) is 0 Å². The Balaban J connectivity index is 0. The van der Waals surface area contributed by atoms with Crippen molar-refractivity contribution in [1.29, 1.82) is 0 Å².